The number of benzene rings is 2. The molecule has 0 atom stereocenters. The lowest BCUT2D eigenvalue weighted by molar-refractivity contribution is -0.123. The van der Waals surface area contributed by atoms with Crippen molar-refractivity contribution in [3.8, 4) is 11.5 Å². The largest absolute Gasteiger partial charge is 0.486 e. The molecule has 0 saturated heterocycles. The number of ether oxygens (including phenoxy) is 3. The first-order valence-corrected chi connectivity index (χ1v) is 8.81. The van der Waals surface area contributed by atoms with Crippen LogP contribution in [-0.2, 0) is 14.3 Å². The fourth-order valence-corrected chi connectivity index (χ4v) is 2.58. The standard InChI is InChI=1S/C20H20N2O6/c1-2-26-20(25)13-3-5-14(6-4-13)21-18(23)12-19(24)22-15-7-8-16-17(11-15)28-10-9-27-16/h3-8,11H,2,9-10,12H2,1H3,(H,21,23)(H,22,24). The number of nitrogens with one attached hydrogen (secondary N) is 2. The second-order valence-corrected chi connectivity index (χ2v) is 5.93. The molecule has 0 spiro atoms. The molecule has 3 rings (SSSR count). The third kappa shape index (κ3) is 5.00. The fraction of sp³-hybridized carbons (Fsp3) is 0.250. The van der Waals surface area contributed by atoms with Crippen LogP contribution in [0.4, 0.5) is 11.4 Å². The Balaban J connectivity index is 1.51. The van der Waals surface area contributed by atoms with Gasteiger partial charge in [0.05, 0.1) is 12.2 Å². The van der Waals surface area contributed by atoms with Crippen LogP contribution < -0.4 is 20.1 Å². The molecule has 0 aromatic heterocycles. The summed E-state index contributed by atoms with van der Waals surface area (Å²) >= 11 is 0. The van der Waals surface area contributed by atoms with Crippen molar-refractivity contribution in [2.45, 2.75) is 13.3 Å². The Kier molecular flexibility index (Phi) is 6.11. The molecule has 2 N–H and O–H groups in total. The van der Waals surface area contributed by atoms with Crippen LogP contribution in [0.15, 0.2) is 42.5 Å². The van der Waals surface area contributed by atoms with Gasteiger partial charge in [-0.1, -0.05) is 0 Å². The van der Waals surface area contributed by atoms with Crippen molar-refractivity contribution in [1.29, 1.82) is 0 Å². The number of rotatable bonds is 6. The van der Waals surface area contributed by atoms with Gasteiger partial charge in [-0.05, 0) is 43.3 Å². The average Bonchev–Trinajstić information content (AvgIpc) is 2.68. The van der Waals surface area contributed by atoms with E-state index in [1.165, 1.54) is 0 Å². The predicted molar refractivity (Wildman–Crippen MR) is 102 cm³/mol. The Morgan fingerprint density at radius 3 is 2.18 bits per heavy atom. The molecule has 146 valence electrons. The van der Waals surface area contributed by atoms with Crippen LogP contribution in [0, 0.1) is 0 Å². The zero-order chi connectivity index (χ0) is 19.9. The summed E-state index contributed by atoms with van der Waals surface area (Å²) in [7, 11) is 0. The zero-order valence-electron chi connectivity index (χ0n) is 15.3. The maximum absolute atomic E-state index is 12.1. The van der Waals surface area contributed by atoms with Crippen molar-refractivity contribution in [3.63, 3.8) is 0 Å². The Hall–Kier alpha value is -3.55. The molecule has 0 bridgehead atoms. The van der Waals surface area contributed by atoms with E-state index < -0.39 is 17.8 Å². The Labute approximate surface area is 161 Å². The van der Waals surface area contributed by atoms with E-state index in [-0.39, 0.29) is 13.0 Å². The van der Waals surface area contributed by atoms with E-state index in [2.05, 4.69) is 10.6 Å². The van der Waals surface area contributed by atoms with Gasteiger partial charge in [0.15, 0.2) is 11.5 Å². The van der Waals surface area contributed by atoms with Crippen molar-refractivity contribution < 1.29 is 28.6 Å². The summed E-state index contributed by atoms with van der Waals surface area (Å²) in [4.78, 5) is 35.8. The first-order valence-electron chi connectivity index (χ1n) is 8.81. The summed E-state index contributed by atoms with van der Waals surface area (Å²) in [5.41, 5.74) is 1.38. The maximum Gasteiger partial charge on any atom is 0.338 e. The molecule has 2 aromatic rings. The number of carbonyl (C=O) groups is 3. The average molecular weight is 384 g/mol. The molecular formula is C20H20N2O6. The molecule has 8 heteroatoms. The number of hydrogen-bond acceptors (Lipinski definition) is 6. The van der Waals surface area contributed by atoms with Gasteiger partial charge in [0, 0.05) is 17.4 Å². The van der Waals surface area contributed by atoms with Gasteiger partial charge in [-0.15, -0.1) is 0 Å². The summed E-state index contributed by atoms with van der Waals surface area (Å²) < 4.78 is 15.8. The van der Waals surface area contributed by atoms with Gasteiger partial charge in [0.1, 0.15) is 19.6 Å². The van der Waals surface area contributed by atoms with Crippen molar-refractivity contribution in [2.24, 2.45) is 0 Å². The van der Waals surface area contributed by atoms with E-state index in [9.17, 15) is 14.4 Å². The van der Waals surface area contributed by atoms with Gasteiger partial charge in [-0.25, -0.2) is 4.79 Å². The molecule has 8 nitrogen and oxygen atoms in total. The van der Waals surface area contributed by atoms with Crippen LogP contribution in [-0.4, -0.2) is 37.6 Å². The lowest BCUT2D eigenvalue weighted by atomic mass is 10.2. The summed E-state index contributed by atoms with van der Waals surface area (Å²) in [5.74, 6) is -0.195. The van der Waals surface area contributed by atoms with E-state index in [0.29, 0.717) is 41.7 Å². The van der Waals surface area contributed by atoms with Gasteiger partial charge >= 0.3 is 5.97 Å². The zero-order valence-corrected chi connectivity index (χ0v) is 15.3. The molecule has 28 heavy (non-hydrogen) atoms. The SMILES string of the molecule is CCOC(=O)c1ccc(NC(=O)CC(=O)Nc2ccc3c(c2)OCCO3)cc1. The van der Waals surface area contributed by atoms with E-state index in [1.807, 2.05) is 0 Å². The molecule has 0 fully saturated rings. The predicted octanol–water partition coefficient (Wildman–Crippen LogP) is 2.60. The van der Waals surface area contributed by atoms with Crippen molar-refractivity contribution in [1.82, 2.24) is 0 Å². The summed E-state index contributed by atoms with van der Waals surface area (Å²) in [6.07, 6.45) is -0.353. The summed E-state index contributed by atoms with van der Waals surface area (Å²) in [6.45, 7) is 2.94. The second kappa shape index (κ2) is 8.90. The third-order valence-corrected chi connectivity index (χ3v) is 3.83. The smallest absolute Gasteiger partial charge is 0.338 e. The van der Waals surface area contributed by atoms with E-state index >= 15 is 0 Å². The van der Waals surface area contributed by atoms with Crippen LogP contribution in [0.25, 0.3) is 0 Å². The number of fused-ring (bicyclic) bond motifs is 1. The maximum atomic E-state index is 12.1. The molecular weight excluding hydrogens is 364 g/mol. The summed E-state index contributed by atoms with van der Waals surface area (Å²) in [6, 6.07) is 11.3. The number of esters is 1. The van der Waals surface area contributed by atoms with Crippen molar-refractivity contribution in [3.05, 3.63) is 48.0 Å². The van der Waals surface area contributed by atoms with Gasteiger partial charge in [-0.2, -0.15) is 0 Å². The molecule has 0 radical (unpaired) electrons. The van der Waals surface area contributed by atoms with Crippen LogP contribution >= 0.6 is 0 Å². The molecule has 2 aromatic carbocycles. The van der Waals surface area contributed by atoms with Gasteiger partial charge < -0.3 is 24.8 Å². The highest BCUT2D eigenvalue weighted by Gasteiger charge is 2.15. The third-order valence-electron chi connectivity index (χ3n) is 3.83. The van der Waals surface area contributed by atoms with E-state index in [4.69, 9.17) is 14.2 Å². The highest BCUT2D eigenvalue weighted by Crippen LogP contribution is 2.32. The van der Waals surface area contributed by atoms with Crippen LogP contribution in [0.5, 0.6) is 11.5 Å². The first-order chi connectivity index (χ1) is 13.5. The number of anilines is 2. The Bertz CT molecular complexity index is 879. The quantitative estimate of drug-likeness (QED) is 0.586. The minimum Gasteiger partial charge on any atom is -0.486 e. The Morgan fingerprint density at radius 1 is 0.893 bits per heavy atom. The van der Waals surface area contributed by atoms with Crippen molar-refractivity contribution in [2.75, 3.05) is 30.5 Å². The fourth-order valence-electron chi connectivity index (χ4n) is 2.58. The Morgan fingerprint density at radius 2 is 1.50 bits per heavy atom. The van der Waals surface area contributed by atoms with Crippen molar-refractivity contribution >= 4 is 29.2 Å². The minimum atomic E-state index is -0.473. The molecule has 1 heterocycles. The number of amides is 2. The normalized spacial score (nSPS) is 12.0. The lowest BCUT2D eigenvalue weighted by Gasteiger charge is -2.19. The van der Waals surface area contributed by atoms with Gasteiger partial charge in [0.2, 0.25) is 11.8 Å². The van der Waals surface area contributed by atoms with E-state index in [1.54, 1.807) is 49.4 Å². The molecule has 2 amide bonds. The molecule has 1 aliphatic rings. The first kappa shape index (κ1) is 19.2. The minimum absolute atomic E-state index is 0.288. The van der Waals surface area contributed by atoms with Crippen LogP contribution in [0.2, 0.25) is 0 Å². The topological polar surface area (TPSA) is 103 Å². The molecule has 0 unspecified atom stereocenters. The molecule has 1 aliphatic heterocycles. The highest BCUT2D eigenvalue weighted by molar-refractivity contribution is 6.08. The van der Waals surface area contributed by atoms with E-state index in [0.717, 1.165) is 0 Å². The summed E-state index contributed by atoms with van der Waals surface area (Å²) in [5, 5.41) is 5.26. The number of hydrogen-bond donors (Lipinski definition) is 2. The molecule has 0 saturated carbocycles. The van der Waals surface area contributed by atoms with Crippen LogP contribution in [0.3, 0.4) is 0 Å². The highest BCUT2D eigenvalue weighted by atomic mass is 16.6. The van der Waals surface area contributed by atoms with Crippen LogP contribution in [0.1, 0.15) is 23.7 Å². The second-order valence-electron chi connectivity index (χ2n) is 5.93. The number of carbonyl (C=O) groups excluding carboxylic acids is 3. The van der Waals surface area contributed by atoms with Gasteiger partial charge in [0.25, 0.3) is 0 Å². The van der Waals surface area contributed by atoms with Gasteiger partial charge in [-0.3, -0.25) is 9.59 Å². The monoisotopic (exact) mass is 384 g/mol. The lowest BCUT2D eigenvalue weighted by Crippen LogP contribution is -2.21. The molecule has 0 aliphatic carbocycles.